The molecule has 0 saturated carbocycles. The van der Waals surface area contributed by atoms with Crippen LogP contribution in [0.5, 0.6) is 0 Å². The van der Waals surface area contributed by atoms with Crippen molar-refractivity contribution in [3.05, 3.63) is 241 Å². The highest BCUT2D eigenvalue weighted by Crippen LogP contribution is 2.62. The summed E-state index contributed by atoms with van der Waals surface area (Å²) in [5, 5.41) is 3.48. The first-order valence-electron chi connectivity index (χ1n) is 21.6. The van der Waals surface area contributed by atoms with Gasteiger partial charge in [0.25, 0.3) is 0 Å². The third-order valence-corrected chi connectivity index (χ3v) is 14.1. The number of hydrogen-bond acceptors (Lipinski definition) is 5. The van der Waals surface area contributed by atoms with Gasteiger partial charge < -0.3 is 0 Å². The van der Waals surface area contributed by atoms with E-state index in [1.807, 2.05) is 72.4 Å². The molecule has 0 bridgehead atoms. The molecule has 1 spiro atoms. The first-order valence-corrected chi connectivity index (χ1v) is 22.4. The van der Waals surface area contributed by atoms with E-state index in [4.69, 9.17) is 19.9 Å². The van der Waals surface area contributed by atoms with Crippen LogP contribution in [-0.2, 0) is 5.41 Å². The summed E-state index contributed by atoms with van der Waals surface area (Å²) in [6, 6.07) is 78.1. The highest BCUT2D eigenvalue weighted by molar-refractivity contribution is 7.99. The van der Waals surface area contributed by atoms with Gasteiger partial charge in [-0.15, -0.1) is 0 Å². The van der Waals surface area contributed by atoms with E-state index in [0.717, 1.165) is 55.4 Å². The zero-order chi connectivity index (χ0) is 42.2. The lowest BCUT2D eigenvalue weighted by Crippen LogP contribution is -2.32. The molecule has 0 fully saturated rings. The molecular weight excluding hydrogens is 797 g/mol. The molecule has 9 aromatic carbocycles. The number of rotatable bonds is 5. The van der Waals surface area contributed by atoms with E-state index in [1.54, 1.807) is 0 Å². The molecule has 3 heterocycles. The molecule has 5 heteroatoms. The molecule has 2 aliphatic rings. The summed E-state index contributed by atoms with van der Waals surface area (Å²) in [4.78, 5) is 22.9. The van der Waals surface area contributed by atoms with Gasteiger partial charge in [-0.1, -0.05) is 206 Å². The third-order valence-electron chi connectivity index (χ3n) is 13.0. The zero-order valence-electron chi connectivity index (χ0n) is 34.5. The summed E-state index contributed by atoms with van der Waals surface area (Å²) < 4.78 is 0. The van der Waals surface area contributed by atoms with Gasteiger partial charge in [-0.3, -0.25) is 0 Å². The molecule has 0 atom stereocenters. The van der Waals surface area contributed by atoms with Crippen molar-refractivity contribution in [2.24, 2.45) is 0 Å². The molecule has 0 amide bonds. The summed E-state index contributed by atoms with van der Waals surface area (Å²) >= 11 is 1.87. The molecule has 0 unspecified atom stereocenters. The Kier molecular flexibility index (Phi) is 8.33. The van der Waals surface area contributed by atoms with Crippen LogP contribution in [0.1, 0.15) is 22.3 Å². The topological polar surface area (TPSA) is 51.6 Å². The fourth-order valence-electron chi connectivity index (χ4n) is 10.1. The van der Waals surface area contributed by atoms with Crippen LogP contribution in [0.15, 0.2) is 228 Å². The molecule has 1 aliphatic heterocycles. The van der Waals surface area contributed by atoms with Crippen LogP contribution < -0.4 is 0 Å². The van der Waals surface area contributed by atoms with Gasteiger partial charge in [0.2, 0.25) is 0 Å². The second kappa shape index (κ2) is 14.6. The lowest BCUT2D eigenvalue weighted by molar-refractivity contribution is 0.724. The van der Waals surface area contributed by atoms with E-state index in [-0.39, 0.29) is 0 Å². The number of pyridine rings is 1. The first-order chi connectivity index (χ1) is 31.7. The van der Waals surface area contributed by atoms with Crippen molar-refractivity contribution < 1.29 is 0 Å². The summed E-state index contributed by atoms with van der Waals surface area (Å²) in [5.41, 5.74) is 15.5. The highest BCUT2D eigenvalue weighted by atomic mass is 32.2. The van der Waals surface area contributed by atoms with Gasteiger partial charge in [0.05, 0.1) is 16.6 Å². The minimum absolute atomic E-state index is 0.467. The Balaban J connectivity index is 0.982. The van der Waals surface area contributed by atoms with Crippen molar-refractivity contribution in [2.75, 3.05) is 0 Å². The van der Waals surface area contributed by atoms with Gasteiger partial charge in [0.15, 0.2) is 17.5 Å². The van der Waals surface area contributed by atoms with Gasteiger partial charge in [0.1, 0.15) is 0 Å². The molecule has 1 aliphatic carbocycles. The van der Waals surface area contributed by atoms with Crippen LogP contribution in [-0.4, -0.2) is 19.9 Å². The van der Waals surface area contributed by atoms with Crippen LogP contribution in [0.25, 0.3) is 89.4 Å². The van der Waals surface area contributed by atoms with Gasteiger partial charge in [-0.25, -0.2) is 19.9 Å². The SMILES string of the molecule is c1ccc(-c2nc(-c3ccccc3)nc(-c3ccc(-c4ccc5c(c4)nc(-c4ccccc4)c4cc6c(cc45)C4(c5ccccc5S6)c5ccccc5-c5ccccc54)cc3)n2)cc1. The maximum absolute atomic E-state index is 5.52. The quantitative estimate of drug-likeness (QED) is 0.162. The Labute approximate surface area is 375 Å². The Hall–Kier alpha value is -7.99. The van der Waals surface area contributed by atoms with Crippen molar-refractivity contribution in [2.45, 2.75) is 15.2 Å². The number of fused-ring (bicyclic) bond motifs is 12. The highest BCUT2D eigenvalue weighted by Gasteiger charge is 2.50. The summed E-state index contributed by atoms with van der Waals surface area (Å²) in [7, 11) is 0. The van der Waals surface area contributed by atoms with Crippen molar-refractivity contribution in [1.29, 1.82) is 0 Å². The maximum atomic E-state index is 5.52. The summed E-state index contributed by atoms with van der Waals surface area (Å²) in [6.07, 6.45) is 0. The number of aromatic nitrogens is 4. The maximum Gasteiger partial charge on any atom is 0.164 e. The van der Waals surface area contributed by atoms with E-state index >= 15 is 0 Å². The number of benzene rings is 9. The molecule has 64 heavy (non-hydrogen) atoms. The van der Waals surface area contributed by atoms with E-state index in [9.17, 15) is 0 Å². The van der Waals surface area contributed by atoms with E-state index in [2.05, 4.69) is 158 Å². The molecule has 0 radical (unpaired) electrons. The minimum atomic E-state index is -0.467. The Morgan fingerprint density at radius 1 is 0.297 bits per heavy atom. The Bertz CT molecular complexity index is 3520. The van der Waals surface area contributed by atoms with Gasteiger partial charge in [-0.05, 0) is 74.2 Å². The second-order valence-corrected chi connectivity index (χ2v) is 17.6. The summed E-state index contributed by atoms with van der Waals surface area (Å²) in [5.74, 6) is 1.92. The molecule has 2 aromatic heterocycles. The number of nitrogens with zero attached hydrogens (tertiary/aromatic N) is 4. The average molecular weight is 833 g/mol. The molecular formula is C59H36N4S. The monoisotopic (exact) mass is 832 g/mol. The smallest absolute Gasteiger partial charge is 0.164 e. The second-order valence-electron chi connectivity index (χ2n) is 16.5. The predicted molar refractivity (Wildman–Crippen MR) is 261 cm³/mol. The molecule has 11 aromatic rings. The fourth-order valence-corrected chi connectivity index (χ4v) is 11.3. The average Bonchev–Trinajstić information content (AvgIpc) is 3.66. The molecule has 0 saturated heterocycles. The van der Waals surface area contributed by atoms with Gasteiger partial charge in [0, 0.05) is 42.8 Å². The zero-order valence-corrected chi connectivity index (χ0v) is 35.3. The fraction of sp³-hybridized carbons (Fsp3) is 0.0169. The van der Waals surface area contributed by atoms with Crippen molar-refractivity contribution >= 4 is 33.4 Å². The molecule has 4 nitrogen and oxygen atoms in total. The normalized spacial score (nSPS) is 13.1. The lowest BCUT2D eigenvalue weighted by atomic mass is 9.67. The van der Waals surface area contributed by atoms with E-state index in [1.165, 1.54) is 48.6 Å². The predicted octanol–water partition coefficient (Wildman–Crippen LogP) is 14.7. The first kappa shape index (κ1) is 36.6. The van der Waals surface area contributed by atoms with Crippen LogP contribution >= 0.6 is 11.8 Å². The van der Waals surface area contributed by atoms with Crippen LogP contribution in [0.3, 0.4) is 0 Å². The van der Waals surface area contributed by atoms with Crippen LogP contribution in [0.2, 0.25) is 0 Å². The van der Waals surface area contributed by atoms with Crippen LogP contribution in [0, 0.1) is 0 Å². The van der Waals surface area contributed by atoms with Crippen LogP contribution in [0.4, 0.5) is 0 Å². The van der Waals surface area contributed by atoms with Crippen molar-refractivity contribution in [1.82, 2.24) is 19.9 Å². The number of hydrogen-bond donors (Lipinski definition) is 0. The van der Waals surface area contributed by atoms with Gasteiger partial charge >= 0.3 is 0 Å². The van der Waals surface area contributed by atoms with E-state index < -0.39 is 5.41 Å². The lowest BCUT2D eigenvalue weighted by Gasteiger charge is -2.40. The largest absolute Gasteiger partial charge is 0.247 e. The standard InChI is InChI=1S/C59H36N4S/c1-4-16-38(17-5-1)55-47-36-54-51(59(50-26-14-15-27-53(50)64-54)48-24-12-10-22-43(48)44-23-11-13-25-49(44)59)35-46(47)45-33-32-42(34-52(45)60-55)37-28-30-41(31-29-37)58-62-56(39-18-6-2-7-19-39)61-57(63-58)40-20-8-3-9-21-40/h1-36H. The molecule has 0 N–H and O–H groups in total. The Morgan fingerprint density at radius 3 is 1.39 bits per heavy atom. The Morgan fingerprint density at radius 2 is 0.781 bits per heavy atom. The molecule has 298 valence electrons. The van der Waals surface area contributed by atoms with Crippen molar-refractivity contribution in [3.63, 3.8) is 0 Å². The third kappa shape index (κ3) is 5.64. The molecule has 13 rings (SSSR count). The van der Waals surface area contributed by atoms with Gasteiger partial charge in [-0.2, -0.15) is 0 Å². The van der Waals surface area contributed by atoms with Crippen molar-refractivity contribution in [3.8, 4) is 67.7 Å². The minimum Gasteiger partial charge on any atom is -0.247 e. The summed E-state index contributed by atoms with van der Waals surface area (Å²) in [6.45, 7) is 0. The van der Waals surface area contributed by atoms with E-state index in [0.29, 0.717) is 17.5 Å².